The van der Waals surface area contributed by atoms with Crippen LogP contribution in [-0.4, -0.2) is 4.98 Å². The molecule has 0 unspecified atom stereocenters. The van der Waals surface area contributed by atoms with Crippen molar-refractivity contribution in [3.63, 3.8) is 0 Å². The highest BCUT2D eigenvalue weighted by Gasteiger charge is 2.04. The van der Waals surface area contributed by atoms with Crippen LogP contribution in [0.3, 0.4) is 0 Å². The van der Waals surface area contributed by atoms with E-state index in [-0.39, 0.29) is 0 Å². The highest BCUT2D eigenvalue weighted by Crippen LogP contribution is 2.27. The Labute approximate surface area is 101 Å². The molecule has 0 atom stereocenters. The van der Waals surface area contributed by atoms with E-state index in [0.29, 0.717) is 11.1 Å². The molecule has 0 saturated heterocycles. The number of halogens is 1. The fourth-order valence-electron chi connectivity index (χ4n) is 1.65. The molecule has 0 fully saturated rings. The second-order valence-corrected chi connectivity index (χ2v) is 4.48. The Morgan fingerprint density at radius 3 is 2.31 bits per heavy atom. The first-order valence-electron chi connectivity index (χ1n) is 5.39. The third kappa shape index (κ3) is 2.25. The van der Waals surface area contributed by atoms with E-state index in [9.17, 15) is 0 Å². The van der Waals surface area contributed by atoms with Crippen molar-refractivity contribution < 1.29 is 0 Å². The van der Waals surface area contributed by atoms with Gasteiger partial charge in [0.05, 0.1) is 0 Å². The summed E-state index contributed by atoms with van der Waals surface area (Å²) < 4.78 is 0. The Hall–Kier alpha value is -1.34. The fraction of sp³-hybridized carbons (Fsp3) is 0.214. The molecule has 2 aromatic rings. The molecule has 1 aromatic heterocycles. The first-order valence-corrected chi connectivity index (χ1v) is 5.77. The lowest BCUT2D eigenvalue weighted by Gasteiger charge is -2.07. The number of hydrogen-bond acceptors (Lipinski definition) is 1. The first-order chi connectivity index (χ1) is 7.68. The molecule has 16 heavy (non-hydrogen) atoms. The molecule has 82 valence electrons. The van der Waals surface area contributed by atoms with Crippen LogP contribution in [-0.2, 0) is 0 Å². The van der Waals surface area contributed by atoms with Crippen LogP contribution >= 0.6 is 11.6 Å². The lowest BCUT2D eigenvalue weighted by molar-refractivity contribution is 0.867. The predicted molar refractivity (Wildman–Crippen MR) is 68.8 cm³/mol. The minimum atomic E-state index is 0.554. The van der Waals surface area contributed by atoms with Crippen LogP contribution in [0.2, 0.25) is 5.15 Å². The van der Waals surface area contributed by atoms with Gasteiger partial charge in [-0.1, -0.05) is 49.7 Å². The quantitative estimate of drug-likeness (QED) is 0.693. The van der Waals surface area contributed by atoms with Crippen LogP contribution < -0.4 is 0 Å². The molecular weight excluding hydrogens is 218 g/mol. The first kappa shape index (κ1) is 11.2. The van der Waals surface area contributed by atoms with Crippen LogP contribution in [0.25, 0.3) is 11.1 Å². The van der Waals surface area contributed by atoms with Crippen molar-refractivity contribution in [2.24, 2.45) is 0 Å². The van der Waals surface area contributed by atoms with Crippen molar-refractivity contribution in [2.75, 3.05) is 0 Å². The van der Waals surface area contributed by atoms with Gasteiger partial charge in [0, 0.05) is 11.8 Å². The molecule has 0 radical (unpaired) electrons. The highest BCUT2D eigenvalue weighted by molar-refractivity contribution is 6.32. The topological polar surface area (TPSA) is 12.9 Å². The molecule has 0 amide bonds. The molecule has 0 spiro atoms. The molecule has 0 saturated carbocycles. The van der Waals surface area contributed by atoms with E-state index in [1.807, 2.05) is 12.1 Å². The lowest BCUT2D eigenvalue weighted by Crippen LogP contribution is -1.87. The van der Waals surface area contributed by atoms with Crippen molar-refractivity contribution in [1.82, 2.24) is 4.98 Å². The van der Waals surface area contributed by atoms with E-state index in [0.717, 1.165) is 11.1 Å². The van der Waals surface area contributed by atoms with Gasteiger partial charge in [0.25, 0.3) is 0 Å². The van der Waals surface area contributed by atoms with E-state index < -0.39 is 0 Å². The van der Waals surface area contributed by atoms with Gasteiger partial charge in [0.15, 0.2) is 0 Å². The Morgan fingerprint density at radius 1 is 1.06 bits per heavy atom. The number of pyridine rings is 1. The van der Waals surface area contributed by atoms with Gasteiger partial charge in [0.2, 0.25) is 0 Å². The summed E-state index contributed by atoms with van der Waals surface area (Å²) in [6.45, 7) is 4.37. The van der Waals surface area contributed by atoms with Crippen LogP contribution in [0.5, 0.6) is 0 Å². The van der Waals surface area contributed by atoms with Crippen LogP contribution in [0.1, 0.15) is 25.3 Å². The summed E-state index contributed by atoms with van der Waals surface area (Å²) in [6, 6.07) is 12.4. The third-order valence-electron chi connectivity index (χ3n) is 2.65. The Balaban J connectivity index is 2.39. The molecule has 1 aromatic carbocycles. The summed E-state index contributed by atoms with van der Waals surface area (Å²) in [7, 11) is 0. The van der Waals surface area contributed by atoms with E-state index in [1.165, 1.54) is 5.56 Å². The molecule has 0 bridgehead atoms. The standard InChI is InChI=1S/C14H14ClN/c1-10(2)11-5-7-12(8-6-11)13-4-3-9-16-14(13)15/h3-10H,1-2H3. The van der Waals surface area contributed by atoms with Crippen molar-refractivity contribution >= 4 is 11.6 Å². The summed E-state index contributed by atoms with van der Waals surface area (Å²) >= 11 is 6.05. The van der Waals surface area contributed by atoms with Crippen LogP contribution in [0, 0.1) is 0 Å². The molecule has 1 nitrogen and oxygen atoms in total. The molecule has 0 N–H and O–H groups in total. The summed E-state index contributed by atoms with van der Waals surface area (Å²) in [6.07, 6.45) is 1.70. The Morgan fingerprint density at radius 2 is 1.75 bits per heavy atom. The van der Waals surface area contributed by atoms with E-state index in [1.54, 1.807) is 6.20 Å². The number of nitrogens with zero attached hydrogens (tertiary/aromatic N) is 1. The van der Waals surface area contributed by atoms with Crippen molar-refractivity contribution in [3.8, 4) is 11.1 Å². The van der Waals surface area contributed by atoms with Crippen molar-refractivity contribution in [1.29, 1.82) is 0 Å². The number of aromatic nitrogens is 1. The average molecular weight is 232 g/mol. The van der Waals surface area contributed by atoms with Crippen molar-refractivity contribution in [3.05, 3.63) is 53.3 Å². The SMILES string of the molecule is CC(C)c1ccc(-c2cccnc2Cl)cc1. The van der Waals surface area contributed by atoms with Gasteiger partial charge >= 0.3 is 0 Å². The van der Waals surface area contributed by atoms with Gasteiger partial charge in [-0.3, -0.25) is 0 Å². The van der Waals surface area contributed by atoms with E-state index >= 15 is 0 Å². The van der Waals surface area contributed by atoms with Gasteiger partial charge in [-0.15, -0.1) is 0 Å². The molecule has 0 aliphatic carbocycles. The maximum atomic E-state index is 6.05. The largest absolute Gasteiger partial charge is 0.244 e. The monoisotopic (exact) mass is 231 g/mol. The van der Waals surface area contributed by atoms with Crippen molar-refractivity contribution in [2.45, 2.75) is 19.8 Å². The highest BCUT2D eigenvalue weighted by atomic mass is 35.5. The molecule has 0 aliphatic heterocycles. The minimum absolute atomic E-state index is 0.554. The third-order valence-corrected chi connectivity index (χ3v) is 2.95. The smallest absolute Gasteiger partial charge is 0.136 e. The van der Waals surface area contributed by atoms with Gasteiger partial charge < -0.3 is 0 Å². The Bertz CT molecular complexity index is 474. The maximum Gasteiger partial charge on any atom is 0.136 e. The van der Waals surface area contributed by atoms with Gasteiger partial charge in [-0.2, -0.15) is 0 Å². The van der Waals surface area contributed by atoms with E-state index in [4.69, 9.17) is 11.6 Å². The molecule has 2 rings (SSSR count). The number of rotatable bonds is 2. The van der Waals surface area contributed by atoms with Gasteiger partial charge in [-0.05, 0) is 29.2 Å². The number of hydrogen-bond donors (Lipinski definition) is 0. The zero-order chi connectivity index (χ0) is 11.5. The Kier molecular flexibility index (Phi) is 3.25. The molecule has 0 aliphatic rings. The zero-order valence-electron chi connectivity index (χ0n) is 9.44. The predicted octanol–water partition coefficient (Wildman–Crippen LogP) is 4.53. The second-order valence-electron chi connectivity index (χ2n) is 4.12. The summed E-state index contributed by atoms with van der Waals surface area (Å²) in [5.74, 6) is 0.554. The van der Waals surface area contributed by atoms with Crippen LogP contribution in [0.15, 0.2) is 42.6 Å². The lowest BCUT2D eigenvalue weighted by atomic mass is 9.99. The van der Waals surface area contributed by atoms with Gasteiger partial charge in [0.1, 0.15) is 5.15 Å². The molecule has 1 heterocycles. The summed E-state index contributed by atoms with van der Waals surface area (Å²) in [4.78, 5) is 4.08. The average Bonchev–Trinajstić information content (AvgIpc) is 2.30. The number of benzene rings is 1. The molecular formula is C14H14ClN. The zero-order valence-corrected chi connectivity index (χ0v) is 10.2. The van der Waals surface area contributed by atoms with Crippen LogP contribution in [0.4, 0.5) is 0 Å². The normalized spacial score (nSPS) is 10.8. The van der Waals surface area contributed by atoms with Gasteiger partial charge in [-0.25, -0.2) is 4.98 Å². The molecule has 2 heteroatoms. The summed E-state index contributed by atoms with van der Waals surface area (Å²) in [5, 5.41) is 0.555. The fourth-order valence-corrected chi connectivity index (χ4v) is 1.88. The second kappa shape index (κ2) is 4.67. The van der Waals surface area contributed by atoms with E-state index in [2.05, 4.69) is 43.1 Å². The maximum absolute atomic E-state index is 6.05. The summed E-state index contributed by atoms with van der Waals surface area (Å²) in [5.41, 5.74) is 3.44. The minimum Gasteiger partial charge on any atom is -0.244 e.